The number of ketones is 1. The third-order valence-electron chi connectivity index (χ3n) is 8.29. The first kappa shape index (κ1) is 36.4. The summed E-state index contributed by atoms with van der Waals surface area (Å²) in [7, 11) is 1.58. The molecule has 1 aliphatic carbocycles. The number of methoxy groups -OCH3 is 1. The van der Waals surface area contributed by atoms with E-state index in [1.165, 1.54) is 4.90 Å². The Morgan fingerprint density at radius 3 is 2.33 bits per heavy atom. The van der Waals surface area contributed by atoms with Gasteiger partial charge in [-0.25, -0.2) is 9.78 Å². The molecule has 262 valence electrons. The Hall–Kier alpha value is -4.42. The predicted molar refractivity (Wildman–Crippen MR) is 181 cm³/mol. The summed E-state index contributed by atoms with van der Waals surface area (Å²) in [6, 6.07) is 3.68. The van der Waals surface area contributed by atoms with E-state index in [0.717, 1.165) is 23.6 Å². The minimum Gasteiger partial charge on any atom is -0.497 e. The number of fused-ring (bicyclic) bond motifs is 1. The molecule has 4 N–H and O–H groups in total. The van der Waals surface area contributed by atoms with Crippen molar-refractivity contribution in [2.24, 2.45) is 5.41 Å². The topological polar surface area (TPSA) is 168 Å². The van der Waals surface area contributed by atoms with Crippen LogP contribution in [0.15, 0.2) is 30.5 Å². The molecule has 1 aromatic heterocycles. The zero-order valence-electron chi connectivity index (χ0n) is 29.3. The van der Waals surface area contributed by atoms with Crippen LogP contribution >= 0.6 is 0 Å². The lowest BCUT2D eigenvalue weighted by Gasteiger charge is -2.36. The minimum absolute atomic E-state index is 0.0126. The smallest absolute Gasteiger partial charge is 0.315 e. The highest BCUT2D eigenvalue weighted by Crippen LogP contribution is 2.32. The first-order valence-electron chi connectivity index (χ1n) is 16.6. The van der Waals surface area contributed by atoms with Crippen molar-refractivity contribution in [3.8, 4) is 11.6 Å². The van der Waals surface area contributed by atoms with Gasteiger partial charge in [0, 0.05) is 29.6 Å². The lowest BCUT2D eigenvalue weighted by molar-refractivity contribution is -0.144. The molecule has 1 saturated carbocycles. The van der Waals surface area contributed by atoms with E-state index >= 15 is 0 Å². The summed E-state index contributed by atoms with van der Waals surface area (Å²) in [5.41, 5.74) is -1.28. The Kier molecular flexibility index (Phi) is 11.2. The van der Waals surface area contributed by atoms with Gasteiger partial charge in [-0.05, 0) is 75.1 Å². The van der Waals surface area contributed by atoms with E-state index in [-0.39, 0.29) is 25.4 Å². The number of nitrogens with one attached hydrogen (secondary N) is 4. The van der Waals surface area contributed by atoms with Crippen LogP contribution in [0.2, 0.25) is 0 Å². The number of ether oxygens (including phenoxy) is 2. The van der Waals surface area contributed by atoms with Crippen molar-refractivity contribution >= 4 is 40.3 Å². The molecule has 1 aliphatic heterocycles. The molecule has 2 heterocycles. The van der Waals surface area contributed by atoms with Crippen LogP contribution < -0.4 is 30.7 Å². The lowest BCUT2D eigenvalue weighted by atomic mass is 9.85. The highest BCUT2D eigenvalue weighted by Gasteiger charge is 2.47. The van der Waals surface area contributed by atoms with Gasteiger partial charge < -0.3 is 35.6 Å². The van der Waals surface area contributed by atoms with Gasteiger partial charge in [0.1, 0.15) is 23.9 Å². The first-order chi connectivity index (χ1) is 22.5. The van der Waals surface area contributed by atoms with Gasteiger partial charge in [0.05, 0.1) is 19.7 Å². The van der Waals surface area contributed by atoms with E-state index in [1.54, 1.807) is 19.4 Å². The molecule has 2 unspecified atom stereocenters. The number of pyridine rings is 1. The van der Waals surface area contributed by atoms with Crippen LogP contribution in [0.25, 0.3) is 10.8 Å². The minimum atomic E-state index is -1.05. The Morgan fingerprint density at radius 2 is 1.73 bits per heavy atom. The Morgan fingerprint density at radius 1 is 1.02 bits per heavy atom. The molecule has 0 bridgehead atoms. The molecule has 13 heteroatoms. The maximum atomic E-state index is 14.4. The molecular weight excluding hydrogens is 616 g/mol. The van der Waals surface area contributed by atoms with Crippen molar-refractivity contribution < 1.29 is 33.4 Å². The van der Waals surface area contributed by atoms with Gasteiger partial charge in [-0.2, -0.15) is 0 Å². The summed E-state index contributed by atoms with van der Waals surface area (Å²) in [6.07, 6.45) is 3.50. The molecule has 1 saturated heterocycles. The van der Waals surface area contributed by atoms with Crippen LogP contribution in [0.5, 0.6) is 11.6 Å². The van der Waals surface area contributed by atoms with E-state index in [2.05, 4.69) is 26.3 Å². The summed E-state index contributed by atoms with van der Waals surface area (Å²) >= 11 is 0. The second kappa shape index (κ2) is 14.8. The van der Waals surface area contributed by atoms with E-state index in [1.807, 2.05) is 66.7 Å². The highest BCUT2D eigenvalue weighted by atomic mass is 16.5. The van der Waals surface area contributed by atoms with Crippen LogP contribution in [-0.2, 0) is 19.2 Å². The summed E-state index contributed by atoms with van der Waals surface area (Å²) in [5, 5.41) is 12.7. The molecule has 2 aromatic rings. The predicted octanol–water partition coefficient (Wildman–Crippen LogP) is 3.24. The quantitative estimate of drug-likeness (QED) is 0.251. The molecule has 4 rings (SSSR count). The number of carbonyl (C=O) groups excluding carboxylic acids is 5. The van der Waals surface area contributed by atoms with Crippen molar-refractivity contribution in [3.63, 3.8) is 0 Å². The fraction of sp³-hybridized carbons (Fsp3) is 0.600. The van der Waals surface area contributed by atoms with Gasteiger partial charge >= 0.3 is 6.03 Å². The Labute approximate surface area is 282 Å². The number of nitrogens with zero attached hydrogens (tertiary/aromatic N) is 2. The van der Waals surface area contributed by atoms with Gasteiger partial charge in [-0.1, -0.05) is 34.1 Å². The number of carbonyl (C=O) groups is 5. The van der Waals surface area contributed by atoms with E-state index in [9.17, 15) is 24.0 Å². The number of benzene rings is 1. The molecule has 13 nitrogen and oxygen atoms in total. The molecule has 0 radical (unpaired) electrons. The summed E-state index contributed by atoms with van der Waals surface area (Å²) in [4.78, 5) is 72.9. The van der Waals surface area contributed by atoms with Crippen LogP contribution in [-0.4, -0.2) is 88.9 Å². The van der Waals surface area contributed by atoms with E-state index in [4.69, 9.17) is 9.47 Å². The van der Waals surface area contributed by atoms with Gasteiger partial charge in [-0.3, -0.25) is 19.2 Å². The molecule has 4 atom stereocenters. The molecule has 2 fully saturated rings. The summed E-state index contributed by atoms with van der Waals surface area (Å²) in [6.45, 7) is 12.9. The number of amides is 5. The van der Waals surface area contributed by atoms with Crippen molar-refractivity contribution in [2.75, 3.05) is 13.7 Å². The lowest BCUT2D eigenvalue weighted by Crippen LogP contribution is -2.61. The molecule has 5 amide bonds. The number of rotatable bonds is 12. The van der Waals surface area contributed by atoms with Crippen molar-refractivity contribution in [2.45, 2.75) is 116 Å². The van der Waals surface area contributed by atoms with Crippen molar-refractivity contribution in [1.82, 2.24) is 31.2 Å². The van der Waals surface area contributed by atoms with Gasteiger partial charge in [0.25, 0.3) is 5.91 Å². The van der Waals surface area contributed by atoms with E-state index < -0.39 is 64.7 Å². The average Bonchev–Trinajstić information content (AvgIpc) is 3.72. The molecule has 0 spiro atoms. The van der Waals surface area contributed by atoms with Crippen molar-refractivity contribution in [1.29, 1.82) is 0 Å². The largest absolute Gasteiger partial charge is 0.497 e. The zero-order valence-corrected chi connectivity index (χ0v) is 29.3. The third-order valence-corrected chi connectivity index (χ3v) is 8.29. The highest BCUT2D eigenvalue weighted by molar-refractivity contribution is 6.38. The average molecular weight is 667 g/mol. The molecule has 1 aromatic carbocycles. The van der Waals surface area contributed by atoms with Crippen LogP contribution in [0.3, 0.4) is 0 Å². The number of hydrogen-bond acceptors (Lipinski definition) is 8. The maximum Gasteiger partial charge on any atom is 0.315 e. The number of aromatic nitrogens is 1. The standard InChI is InChI=1S/C35H50N6O7/c1-9-10-25(27(42)30(44)37-21-11-12-21)38-29(43)26-18-23(48-31-24-14-13-22(47-8)17-20(24)15-16-36-31)19-41(26)32(45)28(34(2,3)4)39-33(46)40-35(5,6)7/h13-17,21,23,25-26,28H,9-12,18-19H2,1-8H3,(H,37,44)(H,38,43)(H2,39,40,46)/t23-,25?,26+,28?/m1/s1. The Balaban J connectivity index is 1.63. The fourth-order valence-electron chi connectivity index (χ4n) is 5.67. The van der Waals surface area contributed by atoms with Crippen molar-refractivity contribution in [3.05, 3.63) is 30.5 Å². The number of likely N-dealkylation sites (tertiary alicyclic amines) is 1. The monoisotopic (exact) mass is 666 g/mol. The van der Waals surface area contributed by atoms with Crippen LogP contribution in [0.4, 0.5) is 4.79 Å². The second-order valence-electron chi connectivity index (χ2n) is 14.8. The number of hydrogen-bond donors (Lipinski definition) is 4. The van der Waals surface area contributed by atoms with Crippen LogP contribution in [0, 0.1) is 5.41 Å². The first-order valence-corrected chi connectivity index (χ1v) is 16.6. The number of Topliss-reactive ketones (excluding diaryl/α,β-unsaturated/α-hetero) is 1. The normalized spacial score (nSPS) is 19.2. The van der Waals surface area contributed by atoms with E-state index in [0.29, 0.717) is 18.1 Å². The molecule has 48 heavy (non-hydrogen) atoms. The van der Waals surface area contributed by atoms with Crippen LogP contribution in [0.1, 0.15) is 80.6 Å². The SMILES string of the molecule is CCCC(NC(=O)[C@@H]1C[C@@H](Oc2nccc3cc(OC)ccc23)CN1C(=O)C(NC(=O)NC(C)(C)C)C(C)(C)C)C(=O)C(=O)NC1CC1. The maximum absolute atomic E-state index is 14.4. The number of urea groups is 1. The Bertz CT molecular complexity index is 1530. The second-order valence-corrected chi connectivity index (χ2v) is 14.8. The molecular formula is C35H50N6O7. The third kappa shape index (κ3) is 9.35. The van der Waals surface area contributed by atoms with Gasteiger partial charge in [0.2, 0.25) is 23.5 Å². The summed E-state index contributed by atoms with van der Waals surface area (Å²) in [5.74, 6) is -1.49. The fourth-order valence-corrected chi connectivity index (χ4v) is 5.67. The van der Waals surface area contributed by atoms with Gasteiger partial charge in [-0.15, -0.1) is 0 Å². The molecule has 2 aliphatic rings. The van der Waals surface area contributed by atoms with Gasteiger partial charge in [0.15, 0.2) is 0 Å². The summed E-state index contributed by atoms with van der Waals surface area (Å²) < 4.78 is 11.7. The zero-order chi connectivity index (χ0) is 35.4.